The van der Waals surface area contributed by atoms with Gasteiger partial charge in [0.2, 0.25) is 0 Å². The van der Waals surface area contributed by atoms with Gasteiger partial charge in [0, 0.05) is 43.9 Å². The summed E-state index contributed by atoms with van der Waals surface area (Å²) in [5.41, 5.74) is 3.43. The molecule has 0 radical (unpaired) electrons. The zero-order chi connectivity index (χ0) is 22.4. The van der Waals surface area contributed by atoms with Gasteiger partial charge in [-0.05, 0) is 54.8 Å². The molecule has 2 saturated heterocycles. The van der Waals surface area contributed by atoms with Crippen molar-refractivity contribution < 1.29 is 14.3 Å². The predicted octanol–water partition coefficient (Wildman–Crippen LogP) is 3.78. The highest BCUT2D eigenvalue weighted by atomic mass is 32.1. The summed E-state index contributed by atoms with van der Waals surface area (Å²) in [5, 5.41) is 4.06. The fourth-order valence-electron chi connectivity index (χ4n) is 4.90. The van der Waals surface area contributed by atoms with E-state index in [0.717, 1.165) is 77.9 Å². The first-order valence-electron chi connectivity index (χ1n) is 11.7. The maximum absolute atomic E-state index is 12.8. The Morgan fingerprint density at radius 2 is 2.03 bits per heavy atom. The van der Waals surface area contributed by atoms with Gasteiger partial charge in [0.1, 0.15) is 5.75 Å². The number of thiazole rings is 1. The lowest BCUT2D eigenvalue weighted by Crippen LogP contribution is -2.54. The topological polar surface area (TPSA) is 66.9 Å². The molecule has 2 fully saturated rings. The van der Waals surface area contributed by atoms with Gasteiger partial charge in [0.25, 0.3) is 5.91 Å². The lowest BCUT2D eigenvalue weighted by atomic mass is 10.0. The van der Waals surface area contributed by atoms with E-state index in [1.807, 2.05) is 30.3 Å². The number of fused-ring (bicyclic) bond motifs is 2. The van der Waals surface area contributed by atoms with Crippen molar-refractivity contribution in [1.82, 2.24) is 9.88 Å². The Kier molecular flexibility index (Phi) is 5.44. The Morgan fingerprint density at radius 1 is 1.18 bits per heavy atom. The lowest BCUT2D eigenvalue weighted by molar-refractivity contribution is -0.0711. The summed E-state index contributed by atoms with van der Waals surface area (Å²) in [7, 11) is 2.16. The first-order chi connectivity index (χ1) is 16.1. The average Bonchev–Trinajstić information content (AvgIpc) is 3.44. The molecule has 0 bridgehead atoms. The molecule has 4 heterocycles. The molecule has 172 valence electrons. The number of piperidine rings is 1. The van der Waals surface area contributed by atoms with Crippen molar-refractivity contribution in [2.45, 2.75) is 31.3 Å². The molecule has 7 nitrogen and oxygen atoms in total. The normalized spacial score (nSPS) is 19.2. The molecular formula is C25H28N4O3S. The number of likely N-dealkylation sites (tertiary alicyclic amines) is 1. The minimum atomic E-state index is -0.111. The highest BCUT2D eigenvalue weighted by Gasteiger charge is 2.31. The van der Waals surface area contributed by atoms with Crippen LogP contribution in [0.25, 0.3) is 10.2 Å². The molecular weight excluding hydrogens is 436 g/mol. The molecule has 8 heteroatoms. The van der Waals surface area contributed by atoms with E-state index < -0.39 is 0 Å². The van der Waals surface area contributed by atoms with E-state index in [4.69, 9.17) is 14.5 Å². The van der Waals surface area contributed by atoms with Crippen molar-refractivity contribution in [2.75, 3.05) is 50.2 Å². The molecule has 1 aromatic heterocycles. The van der Waals surface area contributed by atoms with Gasteiger partial charge in [-0.2, -0.15) is 0 Å². The quantitative estimate of drug-likeness (QED) is 0.620. The molecule has 2 aromatic carbocycles. The summed E-state index contributed by atoms with van der Waals surface area (Å²) in [6.45, 7) is 4.71. The van der Waals surface area contributed by atoms with Crippen LogP contribution in [-0.2, 0) is 11.2 Å². The van der Waals surface area contributed by atoms with Gasteiger partial charge in [-0.1, -0.05) is 11.3 Å². The Morgan fingerprint density at radius 3 is 2.82 bits per heavy atom. The van der Waals surface area contributed by atoms with E-state index in [9.17, 15) is 4.79 Å². The first kappa shape index (κ1) is 20.9. The number of anilines is 2. The number of hydrogen-bond acceptors (Lipinski definition) is 7. The van der Waals surface area contributed by atoms with Gasteiger partial charge < -0.3 is 19.7 Å². The minimum Gasteiger partial charge on any atom is -0.493 e. The molecule has 0 saturated carbocycles. The van der Waals surface area contributed by atoms with Crippen LogP contribution in [0.3, 0.4) is 0 Å². The van der Waals surface area contributed by atoms with Gasteiger partial charge in [-0.15, -0.1) is 0 Å². The minimum absolute atomic E-state index is 0.111. The van der Waals surface area contributed by atoms with Gasteiger partial charge in [-0.25, -0.2) is 4.98 Å². The standard InChI is InChI=1S/C25H28N4O3S/c1-28(19-6-9-29(10-7-19)20-14-31-15-20)25-27-21-13-18(3-5-23(21)33-25)26-24(30)17-2-4-22-16(12-17)8-11-32-22/h2-5,12-13,19-20H,6-11,14-15H2,1H3,(H,26,30). The van der Waals surface area contributed by atoms with Crippen molar-refractivity contribution in [3.63, 3.8) is 0 Å². The van der Waals surface area contributed by atoms with Crippen molar-refractivity contribution in [2.24, 2.45) is 0 Å². The highest BCUT2D eigenvalue weighted by Crippen LogP contribution is 2.33. The van der Waals surface area contributed by atoms with Gasteiger partial charge in [-0.3, -0.25) is 9.69 Å². The molecule has 3 aromatic rings. The van der Waals surface area contributed by atoms with Gasteiger partial charge in [0.15, 0.2) is 5.13 Å². The van der Waals surface area contributed by atoms with Crippen molar-refractivity contribution >= 4 is 38.3 Å². The van der Waals surface area contributed by atoms with E-state index in [2.05, 4.69) is 28.2 Å². The molecule has 6 rings (SSSR count). The van der Waals surface area contributed by atoms with Crippen molar-refractivity contribution in [1.29, 1.82) is 0 Å². The number of rotatable bonds is 5. The van der Waals surface area contributed by atoms with Crippen LogP contribution in [0.2, 0.25) is 0 Å². The molecule has 0 spiro atoms. The smallest absolute Gasteiger partial charge is 0.255 e. The summed E-state index contributed by atoms with van der Waals surface area (Å²) < 4.78 is 12.0. The number of carbonyl (C=O) groups is 1. The maximum Gasteiger partial charge on any atom is 0.255 e. The first-order valence-corrected chi connectivity index (χ1v) is 12.5. The second-order valence-electron chi connectivity index (χ2n) is 9.12. The second kappa shape index (κ2) is 8.59. The van der Waals surface area contributed by atoms with E-state index in [1.165, 1.54) is 0 Å². The van der Waals surface area contributed by atoms with Crippen LogP contribution in [-0.4, -0.2) is 67.8 Å². The molecule has 33 heavy (non-hydrogen) atoms. The largest absolute Gasteiger partial charge is 0.493 e. The monoisotopic (exact) mass is 464 g/mol. The van der Waals surface area contributed by atoms with Crippen LogP contribution < -0.4 is 15.0 Å². The number of nitrogens with one attached hydrogen (secondary N) is 1. The summed E-state index contributed by atoms with van der Waals surface area (Å²) in [4.78, 5) is 22.6. The van der Waals surface area contributed by atoms with E-state index in [1.54, 1.807) is 11.3 Å². The molecule has 3 aliphatic heterocycles. The van der Waals surface area contributed by atoms with E-state index >= 15 is 0 Å². The zero-order valence-corrected chi connectivity index (χ0v) is 19.6. The van der Waals surface area contributed by atoms with Crippen LogP contribution in [0.15, 0.2) is 36.4 Å². The van der Waals surface area contributed by atoms with Gasteiger partial charge in [0.05, 0.1) is 36.1 Å². The van der Waals surface area contributed by atoms with Crippen molar-refractivity contribution in [3.8, 4) is 5.75 Å². The third-order valence-corrected chi connectivity index (χ3v) is 8.20. The Bertz CT molecular complexity index is 1180. The number of carbonyl (C=O) groups excluding carboxylic acids is 1. The lowest BCUT2D eigenvalue weighted by Gasteiger charge is -2.43. The van der Waals surface area contributed by atoms with E-state index in [0.29, 0.717) is 24.3 Å². The summed E-state index contributed by atoms with van der Waals surface area (Å²) in [6.07, 6.45) is 3.15. The third-order valence-electron chi connectivity index (χ3n) is 7.07. The number of benzene rings is 2. The molecule has 1 amide bonds. The summed E-state index contributed by atoms with van der Waals surface area (Å²) >= 11 is 1.71. The fourth-order valence-corrected chi connectivity index (χ4v) is 5.88. The third kappa shape index (κ3) is 4.07. The fraction of sp³-hybridized carbons (Fsp3) is 0.440. The summed E-state index contributed by atoms with van der Waals surface area (Å²) in [5.74, 6) is 0.773. The Balaban J connectivity index is 1.13. The SMILES string of the molecule is CN(c1nc2cc(NC(=O)c3ccc4c(c3)CCO4)ccc2s1)C1CCN(C2COC2)CC1. The number of hydrogen-bond donors (Lipinski definition) is 1. The van der Waals surface area contributed by atoms with Gasteiger partial charge >= 0.3 is 0 Å². The number of ether oxygens (including phenoxy) is 2. The number of amides is 1. The number of aromatic nitrogens is 1. The van der Waals surface area contributed by atoms with Crippen LogP contribution in [0.4, 0.5) is 10.8 Å². The van der Waals surface area contributed by atoms with Crippen LogP contribution in [0.5, 0.6) is 5.75 Å². The van der Waals surface area contributed by atoms with Crippen molar-refractivity contribution in [3.05, 3.63) is 47.5 Å². The Hall–Kier alpha value is -2.68. The number of nitrogens with zero attached hydrogens (tertiary/aromatic N) is 3. The average molecular weight is 465 g/mol. The molecule has 3 aliphatic rings. The molecule has 0 unspecified atom stereocenters. The van der Waals surface area contributed by atoms with Crippen LogP contribution >= 0.6 is 11.3 Å². The second-order valence-corrected chi connectivity index (χ2v) is 10.1. The molecule has 0 atom stereocenters. The maximum atomic E-state index is 12.8. The zero-order valence-electron chi connectivity index (χ0n) is 18.8. The summed E-state index contributed by atoms with van der Waals surface area (Å²) in [6, 6.07) is 12.7. The highest BCUT2D eigenvalue weighted by molar-refractivity contribution is 7.22. The van der Waals surface area contributed by atoms with Crippen LogP contribution in [0, 0.1) is 0 Å². The van der Waals surface area contributed by atoms with E-state index in [-0.39, 0.29) is 5.91 Å². The molecule has 1 N–H and O–H groups in total. The Labute approximate surface area is 197 Å². The molecule has 0 aliphatic carbocycles. The predicted molar refractivity (Wildman–Crippen MR) is 131 cm³/mol. The van der Waals surface area contributed by atoms with Crippen LogP contribution in [0.1, 0.15) is 28.8 Å².